The van der Waals surface area contributed by atoms with Crippen molar-refractivity contribution in [3.63, 3.8) is 0 Å². The highest BCUT2D eigenvalue weighted by atomic mass is 16.6. The number of aliphatic imine (C=N–C) groups is 1. The quantitative estimate of drug-likeness (QED) is 0.0157. The Morgan fingerprint density at radius 1 is 0.571 bits per heavy atom. The summed E-state index contributed by atoms with van der Waals surface area (Å²) in [6.45, 7) is 21.6. The van der Waals surface area contributed by atoms with Gasteiger partial charge in [0, 0.05) is 55.7 Å². The van der Waals surface area contributed by atoms with Crippen LogP contribution in [0.5, 0.6) is 0 Å². The first kappa shape index (κ1) is 54.0. The van der Waals surface area contributed by atoms with Crippen LogP contribution in [0.1, 0.15) is 117 Å². The number of nitro benzene ring substituents is 2. The van der Waals surface area contributed by atoms with Gasteiger partial charge in [-0.3, -0.25) is 30.0 Å². The van der Waals surface area contributed by atoms with Gasteiger partial charge in [-0.2, -0.15) is 0 Å². The molecule has 0 saturated carbocycles. The highest BCUT2D eigenvalue weighted by molar-refractivity contribution is 5.80. The van der Waals surface area contributed by atoms with E-state index in [0.29, 0.717) is 24.9 Å². The monoisotopic (exact) mass is 867 g/mol. The minimum atomic E-state index is -0.535. The van der Waals surface area contributed by atoms with E-state index in [1.807, 2.05) is 6.07 Å². The number of rotatable bonds is 29. The maximum absolute atomic E-state index is 10.8. The molecule has 63 heavy (non-hydrogen) atoms. The van der Waals surface area contributed by atoms with Gasteiger partial charge in [0.15, 0.2) is 0 Å². The third kappa shape index (κ3) is 24.9. The first-order chi connectivity index (χ1) is 30.6. The van der Waals surface area contributed by atoms with Crippen LogP contribution in [0.3, 0.4) is 0 Å². The summed E-state index contributed by atoms with van der Waals surface area (Å²) in [5.74, 6) is 0. The molecule has 0 radical (unpaired) electrons. The first-order valence-electron chi connectivity index (χ1n) is 22.8. The predicted octanol–water partition coefficient (Wildman–Crippen LogP) is 9.75. The molecule has 4 aromatic rings. The largest absolute Gasteiger partial charge is 0.326 e. The van der Waals surface area contributed by atoms with E-state index >= 15 is 0 Å². The second kappa shape index (κ2) is 34.3. The molecule has 13 heteroatoms. The summed E-state index contributed by atoms with van der Waals surface area (Å²) in [5, 5.41) is 28.1. The van der Waals surface area contributed by atoms with Crippen LogP contribution in [0.15, 0.2) is 102 Å². The number of benzene rings is 4. The van der Waals surface area contributed by atoms with E-state index in [1.54, 1.807) is 12.3 Å². The summed E-state index contributed by atoms with van der Waals surface area (Å²) in [6, 6.07) is 29.1. The molecular formula is C50H74N8O5. The molecule has 4 aromatic carbocycles. The molecule has 0 fully saturated rings. The SMILES string of the molecule is CCCN(CCC)CCCCNCc1ccc(CN)cc1.CCCN(CCC)CCCCNCc1ccc(CN=Cc2cccc([N+](=O)[O-])c2)cc1.O=Cc1cccc([N+](=O)[O-])c1. The lowest BCUT2D eigenvalue weighted by Crippen LogP contribution is -2.27. The first-order valence-corrected chi connectivity index (χ1v) is 22.8. The topological polar surface area (TPSA) is 172 Å². The molecule has 0 heterocycles. The summed E-state index contributed by atoms with van der Waals surface area (Å²) in [5.41, 5.74) is 11.6. The average Bonchev–Trinajstić information content (AvgIpc) is 3.30. The summed E-state index contributed by atoms with van der Waals surface area (Å²) >= 11 is 0. The van der Waals surface area contributed by atoms with Gasteiger partial charge in [-0.1, -0.05) is 100 Å². The lowest BCUT2D eigenvalue weighted by molar-refractivity contribution is -0.385. The predicted molar refractivity (Wildman–Crippen MR) is 260 cm³/mol. The standard InChI is InChI=1S/C25H36N4O2.C18H33N3.C7H5NO3/c1-3-15-28(16-4-2)17-6-5-14-26-19-22-10-12-23(13-11-22)20-27-21-24-8-7-9-25(18-24)29(30)31;1-3-12-21(13-4-2)14-6-5-11-20-16-18-9-7-17(15-19)8-10-18;9-5-6-2-1-3-7(4-6)8(10)11/h7-13,18,21,26H,3-6,14-17,19-20H2,1-2H3;7-10,20H,3-6,11-16,19H2,1-2H3;1-5H. The Labute approximate surface area is 376 Å². The van der Waals surface area contributed by atoms with Crippen LogP contribution in [-0.4, -0.2) is 84.5 Å². The minimum Gasteiger partial charge on any atom is -0.326 e. The number of hydrogen-bond donors (Lipinski definition) is 3. The Balaban J connectivity index is 0.000000365. The van der Waals surface area contributed by atoms with Crippen molar-refractivity contribution in [3.8, 4) is 0 Å². The Hall–Kier alpha value is -5.18. The van der Waals surface area contributed by atoms with Gasteiger partial charge in [0.05, 0.1) is 16.4 Å². The van der Waals surface area contributed by atoms with Crippen molar-refractivity contribution in [3.05, 3.63) is 151 Å². The fourth-order valence-electron chi connectivity index (χ4n) is 6.81. The van der Waals surface area contributed by atoms with E-state index in [0.717, 1.165) is 37.3 Å². The van der Waals surface area contributed by atoms with E-state index in [-0.39, 0.29) is 11.4 Å². The molecule has 0 saturated heterocycles. The zero-order valence-electron chi connectivity index (χ0n) is 38.4. The van der Waals surface area contributed by atoms with Crippen LogP contribution in [-0.2, 0) is 26.2 Å². The maximum atomic E-state index is 10.8. The van der Waals surface area contributed by atoms with Crippen LogP contribution < -0.4 is 16.4 Å². The average molecular weight is 867 g/mol. The normalized spacial score (nSPS) is 11.0. The van der Waals surface area contributed by atoms with Crippen molar-refractivity contribution in [1.29, 1.82) is 0 Å². The lowest BCUT2D eigenvalue weighted by Gasteiger charge is -2.20. The number of nitrogens with zero attached hydrogens (tertiary/aromatic N) is 5. The van der Waals surface area contributed by atoms with Crippen LogP contribution >= 0.6 is 0 Å². The number of carbonyl (C=O) groups excluding carboxylic acids is 1. The fourth-order valence-corrected chi connectivity index (χ4v) is 6.81. The summed E-state index contributed by atoms with van der Waals surface area (Å²) in [6.07, 6.45) is 12.2. The Morgan fingerprint density at radius 3 is 1.40 bits per heavy atom. The number of carbonyl (C=O) groups is 1. The molecule has 4 N–H and O–H groups in total. The highest BCUT2D eigenvalue weighted by Crippen LogP contribution is 2.13. The second-order valence-corrected chi connectivity index (χ2v) is 15.6. The number of hydrogen-bond acceptors (Lipinski definition) is 11. The molecule has 4 rings (SSSR count). The molecule has 344 valence electrons. The van der Waals surface area contributed by atoms with Crippen molar-refractivity contribution in [2.45, 2.75) is 105 Å². The van der Waals surface area contributed by atoms with Gasteiger partial charge in [-0.15, -0.1) is 0 Å². The molecule has 0 aliphatic heterocycles. The molecule has 0 unspecified atom stereocenters. The van der Waals surface area contributed by atoms with Crippen LogP contribution in [0.2, 0.25) is 0 Å². The minimum absolute atomic E-state index is 0.0606. The Morgan fingerprint density at radius 2 is 0.984 bits per heavy atom. The highest BCUT2D eigenvalue weighted by Gasteiger charge is 2.06. The molecule has 0 bridgehead atoms. The van der Waals surface area contributed by atoms with Crippen molar-refractivity contribution < 1.29 is 14.6 Å². The van der Waals surface area contributed by atoms with Crippen LogP contribution in [0.25, 0.3) is 0 Å². The van der Waals surface area contributed by atoms with Gasteiger partial charge in [0.25, 0.3) is 11.4 Å². The molecule has 0 spiro atoms. The Bertz CT molecular complexity index is 1840. The molecule has 0 aliphatic carbocycles. The van der Waals surface area contributed by atoms with E-state index in [9.17, 15) is 25.0 Å². The van der Waals surface area contributed by atoms with Crippen LogP contribution in [0, 0.1) is 20.2 Å². The Kier molecular flexibility index (Phi) is 29.4. The molecule has 0 atom stereocenters. The number of nitro groups is 2. The number of nitrogens with one attached hydrogen (secondary N) is 2. The van der Waals surface area contributed by atoms with Crippen molar-refractivity contribution in [2.75, 3.05) is 52.4 Å². The van der Waals surface area contributed by atoms with Gasteiger partial charge in [-0.05, 0) is 132 Å². The number of aldehydes is 1. The van der Waals surface area contributed by atoms with Gasteiger partial charge in [-0.25, -0.2) is 0 Å². The van der Waals surface area contributed by atoms with Crippen molar-refractivity contribution >= 4 is 23.9 Å². The van der Waals surface area contributed by atoms with E-state index in [1.165, 1.54) is 144 Å². The molecule has 0 aromatic heterocycles. The smallest absolute Gasteiger partial charge is 0.270 e. The zero-order valence-corrected chi connectivity index (χ0v) is 38.4. The summed E-state index contributed by atoms with van der Waals surface area (Å²) in [4.78, 5) is 39.8. The van der Waals surface area contributed by atoms with Crippen molar-refractivity contribution in [1.82, 2.24) is 20.4 Å². The van der Waals surface area contributed by atoms with Gasteiger partial charge < -0.3 is 26.2 Å². The number of nitrogens with two attached hydrogens (primary N) is 1. The molecule has 13 nitrogen and oxygen atoms in total. The second-order valence-electron chi connectivity index (χ2n) is 15.6. The summed E-state index contributed by atoms with van der Waals surface area (Å²) in [7, 11) is 0. The van der Waals surface area contributed by atoms with E-state index < -0.39 is 9.85 Å². The molecular weight excluding hydrogens is 793 g/mol. The third-order valence-corrected chi connectivity index (χ3v) is 10.1. The van der Waals surface area contributed by atoms with Gasteiger partial charge in [0.1, 0.15) is 6.29 Å². The van der Waals surface area contributed by atoms with Crippen LogP contribution in [0.4, 0.5) is 11.4 Å². The third-order valence-electron chi connectivity index (χ3n) is 10.1. The van der Waals surface area contributed by atoms with E-state index in [4.69, 9.17) is 5.73 Å². The van der Waals surface area contributed by atoms with Crippen molar-refractivity contribution in [2.24, 2.45) is 10.7 Å². The number of non-ortho nitro benzene ring substituents is 2. The van der Waals surface area contributed by atoms with Gasteiger partial charge >= 0.3 is 0 Å². The number of unbranched alkanes of at least 4 members (excludes halogenated alkanes) is 2. The molecule has 0 amide bonds. The zero-order chi connectivity index (χ0) is 45.9. The maximum Gasteiger partial charge on any atom is 0.270 e. The summed E-state index contributed by atoms with van der Waals surface area (Å²) < 4.78 is 0. The van der Waals surface area contributed by atoms with E-state index in [2.05, 4.69) is 102 Å². The van der Waals surface area contributed by atoms with Gasteiger partial charge in [0.2, 0.25) is 0 Å². The fraction of sp³-hybridized carbons (Fsp3) is 0.480. The molecule has 0 aliphatic rings. The lowest BCUT2D eigenvalue weighted by atomic mass is 10.1.